The maximum atomic E-state index is 8.81. The number of hydrogen-bond acceptors (Lipinski definition) is 3. The van der Waals surface area contributed by atoms with E-state index in [-0.39, 0.29) is 0 Å². The molecule has 0 spiro atoms. The van der Waals surface area contributed by atoms with Crippen molar-refractivity contribution in [2.75, 3.05) is 0 Å². The molecule has 1 aromatic rings. The summed E-state index contributed by atoms with van der Waals surface area (Å²) in [6.45, 7) is 2.24. The van der Waals surface area contributed by atoms with Crippen LogP contribution >= 0.6 is 8.60 Å². The van der Waals surface area contributed by atoms with Crippen LogP contribution in [0.25, 0.3) is 0 Å². The molecule has 0 saturated carbocycles. The van der Waals surface area contributed by atoms with Gasteiger partial charge in [0.2, 0.25) is 0 Å². The molecule has 0 atom stereocenters. The van der Waals surface area contributed by atoms with Crippen LogP contribution in [0.2, 0.25) is 0 Å². The van der Waals surface area contributed by atoms with E-state index in [9.17, 15) is 0 Å². The molecule has 0 aliphatic rings. The first-order chi connectivity index (χ1) is 9.22. The maximum Gasteiger partial charge on any atom is 0.391 e. The van der Waals surface area contributed by atoms with Gasteiger partial charge >= 0.3 is 8.60 Å². The fourth-order valence-electron chi connectivity index (χ4n) is 2.14. The van der Waals surface area contributed by atoms with Crippen LogP contribution in [0.1, 0.15) is 57.4 Å². The van der Waals surface area contributed by atoms with Crippen LogP contribution in [-0.2, 0) is 6.42 Å². The minimum atomic E-state index is -2.31. The van der Waals surface area contributed by atoms with Gasteiger partial charge in [0.15, 0.2) is 0 Å². The molecule has 0 saturated heterocycles. The zero-order valence-corrected chi connectivity index (χ0v) is 12.6. The second-order valence-corrected chi connectivity index (χ2v) is 5.55. The molecule has 0 bridgehead atoms. The molecule has 0 heterocycles. The van der Waals surface area contributed by atoms with E-state index in [1.54, 1.807) is 6.07 Å². The third kappa shape index (κ3) is 8.20. The molecule has 0 fully saturated rings. The molecule has 108 valence electrons. The SMILES string of the molecule is CCCCCCCCCc1cccc(OP(O)O)c1. The van der Waals surface area contributed by atoms with Crippen molar-refractivity contribution >= 4 is 8.60 Å². The van der Waals surface area contributed by atoms with Crippen LogP contribution in [0.15, 0.2) is 24.3 Å². The van der Waals surface area contributed by atoms with E-state index in [1.807, 2.05) is 12.1 Å². The highest BCUT2D eigenvalue weighted by molar-refractivity contribution is 7.39. The fraction of sp³-hybridized carbons (Fsp3) is 0.600. The largest absolute Gasteiger partial charge is 0.427 e. The molecule has 1 aromatic carbocycles. The minimum Gasteiger partial charge on any atom is -0.427 e. The van der Waals surface area contributed by atoms with Crippen LogP contribution in [0.3, 0.4) is 0 Å². The van der Waals surface area contributed by atoms with Gasteiger partial charge in [0.05, 0.1) is 0 Å². The van der Waals surface area contributed by atoms with Crippen molar-refractivity contribution in [1.82, 2.24) is 0 Å². The van der Waals surface area contributed by atoms with Crippen molar-refractivity contribution in [2.45, 2.75) is 58.3 Å². The van der Waals surface area contributed by atoms with Gasteiger partial charge in [-0.2, -0.15) is 0 Å². The summed E-state index contributed by atoms with van der Waals surface area (Å²) in [5, 5.41) is 0. The lowest BCUT2D eigenvalue weighted by atomic mass is 10.0. The molecule has 4 heteroatoms. The lowest BCUT2D eigenvalue weighted by molar-refractivity contribution is 0.375. The zero-order chi connectivity index (χ0) is 13.9. The van der Waals surface area contributed by atoms with Gasteiger partial charge in [-0.25, -0.2) is 0 Å². The number of aryl methyl sites for hydroxylation is 1. The molecule has 0 amide bonds. The third-order valence-corrected chi connectivity index (χ3v) is 3.53. The first-order valence-corrected chi connectivity index (χ1v) is 8.33. The predicted octanol–water partition coefficient (Wildman–Crippen LogP) is 4.57. The second kappa shape index (κ2) is 10.2. The van der Waals surface area contributed by atoms with E-state index in [1.165, 1.54) is 50.5 Å². The Hall–Kier alpha value is -0.630. The van der Waals surface area contributed by atoms with E-state index in [2.05, 4.69) is 13.0 Å². The van der Waals surface area contributed by atoms with Crippen LogP contribution < -0.4 is 4.52 Å². The van der Waals surface area contributed by atoms with Gasteiger partial charge in [0.1, 0.15) is 5.75 Å². The predicted molar refractivity (Wildman–Crippen MR) is 80.1 cm³/mol. The Labute approximate surface area is 117 Å². The van der Waals surface area contributed by atoms with Crippen molar-refractivity contribution in [2.24, 2.45) is 0 Å². The first-order valence-electron chi connectivity index (χ1n) is 7.17. The van der Waals surface area contributed by atoms with Gasteiger partial charge in [-0.1, -0.05) is 57.6 Å². The van der Waals surface area contributed by atoms with Crippen molar-refractivity contribution in [1.29, 1.82) is 0 Å². The Morgan fingerprint density at radius 3 is 2.37 bits per heavy atom. The summed E-state index contributed by atoms with van der Waals surface area (Å²) in [7, 11) is -2.31. The molecule has 0 radical (unpaired) electrons. The number of unbranched alkanes of at least 4 members (excludes halogenated alkanes) is 6. The Bertz CT molecular complexity index is 342. The maximum absolute atomic E-state index is 8.81. The van der Waals surface area contributed by atoms with Gasteiger partial charge < -0.3 is 14.3 Å². The van der Waals surface area contributed by atoms with Crippen LogP contribution in [-0.4, -0.2) is 9.79 Å². The summed E-state index contributed by atoms with van der Waals surface area (Å²) in [5.41, 5.74) is 1.20. The lowest BCUT2D eigenvalue weighted by Gasteiger charge is -2.07. The molecule has 19 heavy (non-hydrogen) atoms. The number of rotatable bonds is 10. The van der Waals surface area contributed by atoms with Gasteiger partial charge in [0.25, 0.3) is 0 Å². The Morgan fingerprint density at radius 1 is 1.00 bits per heavy atom. The Kier molecular flexibility index (Phi) is 8.81. The monoisotopic (exact) mass is 284 g/mol. The van der Waals surface area contributed by atoms with E-state index in [0.717, 1.165) is 6.42 Å². The number of hydrogen-bond donors (Lipinski definition) is 2. The summed E-state index contributed by atoms with van der Waals surface area (Å²) in [6, 6.07) is 7.58. The highest BCUT2D eigenvalue weighted by Gasteiger charge is 2.03. The quantitative estimate of drug-likeness (QED) is 0.489. The van der Waals surface area contributed by atoms with E-state index >= 15 is 0 Å². The standard InChI is InChI=1S/C15H25O3P/c1-2-3-4-5-6-7-8-10-14-11-9-12-15(13-14)18-19(16)17/h9,11-13,16-17H,2-8,10H2,1H3. The second-order valence-electron chi connectivity index (χ2n) is 4.86. The molecule has 0 aliphatic heterocycles. The lowest BCUT2D eigenvalue weighted by Crippen LogP contribution is -1.89. The average Bonchev–Trinajstić information content (AvgIpc) is 2.37. The van der Waals surface area contributed by atoms with Gasteiger partial charge in [0, 0.05) is 0 Å². The van der Waals surface area contributed by atoms with E-state index < -0.39 is 8.60 Å². The average molecular weight is 284 g/mol. The molecule has 1 rings (SSSR count). The van der Waals surface area contributed by atoms with Crippen molar-refractivity contribution in [3.8, 4) is 5.75 Å². The molecule has 2 N–H and O–H groups in total. The molecule has 3 nitrogen and oxygen atoms in total. The molecule has 0 aromatic heterocycles. The molecule has 0 unspecified atom stereocenters. The third-order valence-electron chi connectivity index (χ3n) is 3.15. The number of benzene rings is 1. The van der Waals surface area contributed by atoms with Gasteiger partial charge in [-0.15, -0.1) is 0 Å². The summed E-state index contributed by atoms with van der Waals surface area (Å²) in [4.78, 5) is 17.6. The minimum absolute atomic E-state index is 0.538. The Morgan fingerprint density at radius 2 is 1.68 bits per heavy atom. The van der Waals surface area contributed by atoms with E-state index in [0.29, 0.717) is 5.75 Å². The van der Waals surface area contributed by atoms with Gasteiger partial charge in [-0.3, -0.25) is 0 Å². The Balaban J connectivity index is 2.18. The van der Waals surface area contributed by atoms with Crippen LogP contribution in [0.4, 0.5) is 0 Å². The van der Waals surface area contributed by atoms with Crippen molar-refractivity contribution < 1.29 is 14.3 Å². The normalized spacial score (nSPS) is 10.9. The highest BCUT2D eigenvalue weighted by Crippen LogP contribution is 2.29. The summed E-state index contributed by atoms with van der Waals surface area (Å²) in [5.74, 6) is 0.538. The first kappa shape index (κ1) is 16.4. The highest BCUT2D eigenvalue weighted by atomic mass is 31.2. The topological polar surface area (TPSA) is 49.7 Å². The molecular formula is C15H25O3P. The van der Waals surface area contributed by atoms with Crippen molar-refractivity contribution in [3.05, 3.63) is 29.8 Å². The zero-order valence-electron chi connectivity index (χ0n) is 11.7. The summed E-state index contributed by atoms with van der Waals surface area (Å²) < 4.78 is 4.90. The van der Waals surface area contributed by atoms with Crippen LogP contribution in [0, 0.1) is 0 Å². The van der Waals surface area contributed by atoms with Crippen LogP contribution in [0.5, 0.6) is 5.75 Å². The summed E-state index contributed by atoms with van der Waals surface area (Å²) in [6.07, 6.45) is 10.1. The fourth-order valence-corrected chi connectivity index (χ4v) is 2.44. The van der Waals surface area contributed by atoms with E-state index in [4.69, 9.17) is 14.3 Å². The molecular weight excluding hydrogens is 259 g/mol. The molecule has 0 aliphatic carbocycles. The summed E-state index contributed by atoms with van der Waals surface area (Å²) >= 11 is 0. The van der Waals surface area contributed by atoms with Gasteiger partial charge in [-0.05, 0) is 30.5 Å². The smallest absolute Gasteiger partial charge is 0.391 e. The van der Waals surface area contributed by atoms with Crippen molar-refractivity contribution in [3.63, 3.8) is 0 Å².